The van der Waals surface area contributed by atoms with Crippen molar-refractivity contribution in [3.8, 4) is 0 Å². The van der Waals surface area contributed by atoms with E-state index in [1.54, 1.807) is 0 Å². The fourth-order valence-electron chi connectivity index (χ4n) is 1.36. The van der Waals surface area contributed by atoms with Gasteiger partial charge < -0.3 is 9.84 Å². The first-order valence-electron chi connectivity index (χ1n) is 5.63. The Labute approximate surface area is 134 Å². The molecule has 0 aromatic heterocycles. The summed E-state index contributed by atoms with van der Waals surface area (Å²) < 4.78 is 54.8. The van der Waals surface area contributed by atoms with Crippen LogP contribution in [0, 0.1) is 5.82 Å². The third-order valence-corrected chi connectivity index (χ3v) is 2.30. The Morgan fingerprint density at radius 3 is 2.41 bits per heavy atom. The zero-order chi connectivity index (χ0) is 16.2. The van der Waals surface area contributed by atoms with Gasteiger partial charge in [0.15, 0.2) is 0 Å². The van der Waals surface area contributed by atoms with Crippen LogP contribution in [0.2, 0.25) is 0 Å². The molecule has 4 nitrogen and oxygen atoms in total. The molecule has 0 fully saturated rings. The first-order chi connectivity index (χ1) is 9.66. The van der Waals surface area contributed by atoms with Gasteiger partial charge in [-0.1, -0.05) is 11.8 Å². The first-order valence-corrected chi connectivity index (χ1v) is 5.63. The quantitative estimate of drug-likeness (QED) is 0.173. The van der Waals surface area contributed by atoms with Gasteiger partial charge in [0.2, 0.25) is 0 Å². The second-order valence-electron chi connectivity index (χ2n) is 3.79. The minimum absolute atomic E-state index is 0. The van der Waals surface area contributed by atoms with Gasteiger partial charge in [0.25, 0.3) is 5.78 Å². The molecule has 0 radical (unpaired) electrons. The number of benzene rings is 1. The summed E-state index contributed by atoms with van der Waals surface area (Å²) >= 11 is 0. The fraction of sp³-hybridized carbons (Fsp3) is 0.231. The molecule has 0 aliphatic rings. The molecule has 0 saturated carbocycles. The summed E-state index contributed by atoms with van der Waals surface area (Å²) in [6, 6.07) is 1.51. The summed E-state index contributed by atoms with van der Waals surface area (Å²) in [7, 11) is 0. The summed E-state index contributed by atoms with van der Waals surface area (Å²) in [4.78, 5) is 22.2. The van der Waals surface area contributed by atoms with Crippen LogP contribution in [0.4, 0.5) is 17.6 Å². The molecule has 0 N–H and O–H groups in total. The van der Waals surface area contributed by atoms with Crippen LogP contribution >= 0.6 is 0 Å². The topological polar surface area (TPSA) is 66.4 Å². The van der Waals surface area contributed by atoms with Crippen molar-refractivity contribution in [1.29, 1.82) is 0 Å². The number of hydrogen-bond acceptors (Lipinski definition) is 4. The number of rotatable bonds is 4. The molecule has 0 aliphatic heterocycles. The second-order valence-corrected chi connectivity index (χ2v) is 3.79. The van der Waals surface area contributed by atoms with E-state index in [2.05, 4.69) is 4.74 Å². The number of halogens is 4. The van der Waals surface area contributed by atoms with Crippen molar-refractivity contribution in [3.63, 3.8) is 0 Å². The predicted molar refractivity (Wildman–Crippen MR) is 61.0 cm³/mol. The molecule has 1 aromatic rings. The van der Waals surface area contributed by atoms with Gasteiger partial charge in [-0.25, -0.2) is 9.18 Å². The van der Waals surface area contributed by atoms with Crippen LogP contribution in [0.3, 0.4) is 0 Å². The Morgan fingerprint density at radius 1 is 1.32 bits per heavy atom. The van der Waals surface area contributed by atoms with Crippen molar-refractivity contribution < 1.29 is 55.9 Å². The van der Waals surface area contributed by atoms with Crippen molar-refractivity contribution in [2.24, 2.45) is 0 Å². The number of hydrogen-bond donors (Lipinski definition) is 0. The zero-order valence-electron chi connectivity index (χ0n) is 11.7. The largest absolute Gasteiger partial charge is 1.00 e. The maximum absolute atomic E-state index is 13.0. The van der Waals surface area contributed by atoms with Crippen molar-refractivity contribution in [3.05, 3.63) is 41.2 Å². The van der Waals surface area contributed by atoms with Crippen molar-refractivity contribution >= 4 is 17.5 Å². The smallest absolute Gasteiger partial charge is 0.872 e. The molecule has 114 valence electrons. The van der Waals surface area contributed by atoms with Crippen LogP contribution in [0.5, 0.6) is 0 Å². The third-order valence-electron chi connectivity index (χ3n) is 2.30. The molecule has 0 aliphatic carbocycles. The van der Waals surface area contributed by atoms with E-state index in [1.807, 2.05) is 0 Å². The standard InChI is InChI=1S/C13H10F4O4.Li/c1-2-21-12(20)11(19)6-10(18)7-3-4-9(14)8(5-7)13(15,16)17;/h3-6,18H,2H2,1H3;/q;+1/p-1. The molecule has 0 heterocycles. The summed E-state index contributed by atoms with van der Waals surface area (Å²) in [5, 5.41) is 11.6. The van der Waals surface area contributed by atoms with Crippen LogP contribution in [0.1, 0.15) is 18.1 Å². The van der Waals surface area contributed by atoms with Gasteiger partial charge in [0.1, 0.15) is 5.82 Å². The van der Waals surface area contributed by atoms with Crippen molar-refractivity contribution in [2.45, 2.75) is 13.1 Å². The molecular weight excluding hydrogens is 303 g/mol. The Bertz CT molecular complexity index is 596. The van der Waals surface area contributed by atoms with E-state index in [0.717, 1.165) is 6.07 Å². The van der Waals surface area contributed by atoms with Crippen LogP contribution < -0.4 is 24.0 Å². The zero-order valence-corrected chi connectivity index (χ0v) is 11.7. The van der Waals surface area contributed by atoms with Crippen molar-refractivity contribution in [1.82, 2.24) is 0 Å². The van der Waals surface area contributed by atoms with Gasteiger partial charge in [-0.3, -0.25) is 4.79 Å². The number of alkyl halides is 3. The summed E-state index contributed by atoms with van der Waals surface area (Å²) in [5.74, 6) is -5.31. The third kappa shape index (κ3) is 5.20. The summed E-state index contributed by atoms with van der Waals surface area (Å²) in [5.41, 5.74) is -2.20. The maximum Gasteiger partial charge on any atom is 1.00 e. The fourth-order valence-corrected chi connectivity index (χ4v) is 1.36. The molecule has 0 unspecified atom stereocenters. The minimum atomic E-state index is -4.98. The molecule has 1 aromatic carbocycles. The Balaban J connectivity index is 0.00000441. The molecule has 0 bridgehead atoms. The van der Waals surface area contributed by atoms with Crippen molar-refractivity contribution in [2.75, 3.05) is 6.61 Å². The van der Waals surface area contributed by atoms with E-state index < -0.39 is 40.6 Å². The van der Waals surface area contributed by atoms with E-state index >= 15 is 0 Å². The van der Waals surface area contributed by atoms with E-state index in [9.17, 15) is 32.3 Å². The van der Waals surface area contributed by atoms with Crippen LogP contribution in [0.25, 0.3) is 5.76 Å². The average Bonchev–Trinajstić information content (AvgIpc) is 2.37. The van der Waals surface area contributed by atoms with E-state index in [1.165, 1.54) is 6.92 Å². The minimum Gasteiger partial charge on any atom is -0.872 e. The van der Waals surface area contributed by atoms with E-state index in [4.69, 9.17) is 0 Å². The Kier molecular flexibility index (Phi) is 7.36. The Hall–Kier alpha value is -1.78. The molecule has 0 spiro atoms. The monoisotopic (exact) mass is 312 g/mol. The molecule has 0 amide bonds. The predicted octanol–water partition coefficient (Wildman–Crippen LogP) is -1.32. The molecule has 9 heteroatoms. The SMILES string of the molecule is CCOC(=O)C(=O)C=C([O-])c1ccc(F)c(C(F)(F)F)c1.[Li+]. The number of ketones is 1. The molecule has 1 rings (SSSR count). The van der Waals surface area contributed by atoms with Gasteiger partial charge in [0.05, 0.1) is 12.2 Å². The number of carbonyl (C=O) groups excluding carboxylic acids is 2. The van der Waals surface area contributed by atoms with Gasteiger partial charge >= 0.3 is 31.0 Å². The van der Waals surface area contributed by atoms with Crippen LogP contribution in [0.15, 0.2) is 24.3 Å². The number of ether oxygens (including phenoxy) is 1. The first kappa shape index (κ1) is 20.2. The molecule has 0 atom stereocenters. The second kappa shape index (κ2) is 8.01. The van der Waals surface area contributed by atoms with E-state index in [-0.39, 0.29) is 31.5 Å². The van der Waals surface area contributed by atoms with Gasteiger partial charge in [0, 0.05) is 0 Å². The van der Waals surface area contributed by atoms with Crippen LogP contribution in [-0.2, 0) is 20.5 Å². The van der Waals surface area contributed by atoms with Gasteiger partial charge in [-0.05, 0) is 30.7 Å². The van der Waals surface area contributed by atoms with Gasteiger partial charge in [-0.15, -0.1) is 0 Å². The average molecular weight is 312 g/mol. The van der Waals surface area contributed by atoms with E-state index in [0.29, 0.717) is 12.1 Å². The van der Waals surface area contributed by atoms with Crippen LogP contribution in [-0.4, -0.2) is 18.4 Å². The normalized spacial score (nSPS) is 11.6. The maximum atomic E-state index is 13.0. The number of carbonyl (C=O) groups is 2. The van der Waals surface area contributed by atoms with Gasteiger partial charge in [-0.2, -0.15) is 13.2 Å². The molecule has 22 heavy (non-hydrogen) atoms. The summed E-state index contributed by atoms with van der Waals surface area (Å²) in [6.45, 7) is 1.34. The number of esters is 1. The summed E-state index contributed by atoms with van der Waals surface area (Å²) in [6.07, 6.45) is -4.68. The Morgan fingerprint density at radius 2 is 1.91 bits per heavy atom. The molecule has 0 saturated heterocycles. The molecular formula is C13H9F4LiO4.